The van der Waals surface area contributed by atoms with Crippen molar-refractivity contribution in [3.63, 3.8) is 0 Å². The van der Waals surface area contributed by atoms with Crippen molar-refractivity contribution in [2.24, 2.45) is 0 Å². The van der Waals surface area contributed by atoms with Crippen LogP contribution in [0.15, 0.2) is 79.1 Å². The summed E-state index contributed by atoms with van der Waals surface area (Å²) in [5, 5.41) is 4.54. The molecule has 0 atom stereocenters. The number of fused-ring (bicyclic) bond motifs is 1. The van der Waals surface area contributed by atoms with Crippen LogP contribution in [0.25, 0.3) is 11.0 Å². The summed E-state index contributed by atoms with van der Waals surface area (Å²) in [6.07, 6.45) is 8.41. The van der Waals surface area contributed by atoms with Gasteiger partial charge in [-0.1, -0.05) is 89.1 Å². The number of rotatable bonds is 8. The van der Waals surface area contributed by atoms with E-state index in [1.54, 1.807) is 0 Å². The number of benzene rings is 2. The molecule has 198 valence electrons. The fourth-order valence-corrected chi connectivity index (χ4v) is 6.10. The molecule has 5 heteroatoms. The molecular formula is C33H40N4O. The van der Waals surface area contributed by atoms with Crippen molar-refractivity contribution >= 4 is 22.8 Å². The summed E-state index contributed by atoms with van der Waals surface area (Å²) < 4.78 is 2.35. The maximum Gasteiger partial charge on any atom is 0.322 e. The van der Waals surface area contributed by atoms with Gasteiger partial charge in [-0.25, -0.2) is 9.78 Å². The van der Waals surface area contributed by atoms with E-state index in [-0.39, 0.29) is 11.6 Å². The van der Waals surface area contributed by atoms with Gasteiger partial charge in [0.05, 0.1) is 5.54 Å². The number of nitrogens with one attached hydrogen (secondary N) is 1. The smallest absolute Gasteiger partial charge is 0.322 e. The van der Waals surface area contributed by atoms with E-state index in [4.69, 9.17) is 4.98 Å². The predicted octanol–water partition coefficient (Wildman–Crippen LogP) is 8.29. The summed E-state index contributed by atoms with van der Waals surface area (Å²) >= 11 is 0. The summed E-state index contributed by atoms with van der Waals surface area (Å²) in [5.74, 6) is 0.620. The topological polar surface area (TPSA) is 50.2 Å². The van der Waals surface area contributed by atoms with Crippen molar-refractivity contribution in [3.05, 3.63) is 95.8 Å². The van der Waals surface area contributed by atoms with Gasteiger partial charge in [0.25, 0.3) is 0 Å². The minimum Gasteiger partial charge on any atom is -0.325 e. The highest BCUT2D eigenvalue weighted by molar-refractivity contribution is 5.91. The van der Waals surface area contributed by atoms with Crippen molar-refractivity contribution in [2.75, 3.05) is 11.9 Å². The summed E-state index contributed by atoms with van der Waals surface area (Å²) in [7, 11) is 0. The molecule has 1 fully saturated rings. The molecule has 0 aliphatic heterocycles. The Morgan fingerprint density at radius 3 is 2.26 bits per heavy atom. The van der Waals surface area contributed by atoms with Crippen LogP contribution in [-0.2, 0) is 12.1 Å². The van der Waals surface area contributed by atoms with E-state index in [0.717, 1.165) is 48.0 Å². The number of amides is 2. The number of hydrogen-bond donors (Lipinski definition) is 1. The number of carbonyl (C=O) groups excluding carboxylic acids is 1. The first-order valence-corrected chi connectivity index (χ1v) is 14.0. The standard InChI is InChI=1S/C33H40N4O/c1-24(2)28-15-10-16-29(25(3)4)30(28)35-32(38)36(22-26-12-6-5-7-13-26)23-33(18-8-9-19-33)37-21-17-27-14-11-20-34-31(27)37/h5-7,10-17,20-21,24-25H,8-9,18-19,22-23H2,1-4H3,(H,35,38). The first kappa shape index (κ1) is 26.0. The Labute approximate surface area is 226 Å². The summed E-state index contributed by atoms with van der Waals surface area (Å²) in [6, 6.07) is 22.9. The van der Waals surface area contributed by atoms with Gasteiger partial charge in [-0.05, 0) is 59.6 Å². The third-order valence-electron chi connectivity index (χ3n) is 8.09. The van der Waals surface area contributed by atoms with Gasteiger partial charge in [-0.2, -0.15) is 0 Å². The monoisotopic (exact) mass is 508 g/mol. The van der Waals surface area contributed by atoms with Crippen LogP contribution >= 0.6 is 0 Å². The van der Waals surface area contributed by atoms with Crippen LogP contribution in [0.1, 0.15) is 81.9 Å². The third kappa shape index (κ3) is 5.20. The fourth-order valence-electron chi connectivity index (χ4n) is 6.10. The third-order valence-corrected chi connectivity index (χ3v) is 8.09. The largest absolute Gasteiger partial charge is 0.325 e. The average Bonchev–Trinajstić information content (AvgIpc) is 3.56. The molecule has 5 nitrogen and oxygen atoms in total. The zero-order valence-electron chi connectivity index (χ0n) is 23.2. The molecule has 0 unspecified atom stereocenters. The Hall–Kier alpha value is -3.60. The van der Waals surface area contributed by atoms with Crippen molar-refractivity contribution in [1.82, 2.24) is 14.5 Å². The molecule has 0 radical (unpaired) electrons. The first-order chi connectivity index (χ1) is 18.4. The number of nitrogens with zero attached hydrogens (tertiary/aromatic N) is 3. The van der Waals surface area contributed by atoms with Crippen molar-refractivity contribution in [3.8, 4) is 0 Å². The van der Waals surface area contributed by atoms with E-state index >= 15 is 0 Å². The van der Waals surface area contributed by atoms with E-state index < -0.39 is 0 Å². The van der Waals surface area contributed by atoms with Crippen LogP contribution in [0, 0.1) is 0 Å². The normalized spacial score (nSPS) is 14.9. The molecular weight excluding hydrogens is 468 g/mol. The number of pyridine rings is 1. The first-order valence-electron chi connectivity index (χ1n) is 14.0. The number of hydrogen-bond acceptors (Lipinski definition) is 2. The molecule has 2 aromatic heterocycles. The highest BCUT2D eigenvalue weighted by atomic mass is 16.2. The van der Waals surface area contributed by atoms with Crippen LogP contribution in [0.5, 0.6) is 0 Å². The number of aromatic nitrogens is 2. The van der Waals surface area contributed by atoms with Gasteiger partial charge in [-0.3, -0.25) is 0 Å². The number of para-hydroxylation sites is 1. The molecule has 2 amide bonds. The molecule has 4 aromatic rings. The van der Waals surface area contributed by atoms with Gasteiger partial charge in [0.15, 0.2) is 0 Å². The molecule has 0 bridgehead atoms. The molecule has 1 aliphatic rings. The lowest BCUT2D eigenvalue weighted by Crippen LogP contribution is -2.47. The Morgan fingerprint density at radius 1 is 0.921 bits per heavy atom. The van der Waals surface area contributed by atoms with E-state index in [9.17, 15) is 4.79 Å². The molecule has 1 N–H and O–H groups in total. The van der Waals surface area contributed by atoms with Gasteiger partial charge in [0.1, 0.15) is 5.65 Å². The van der Waals surface area contributed by atoms with Crippen LogP contribution in [-0.4, -0.2) is 27.0 Å². The molecule has 1 aliphatic carbocycles. The summed E-state index contributed by atoms with van der Waals surface area (Å²) in [6.45, 7) is 9.95. The zero-order valence-corrected chi connectivity index (χ0v) is 23.2. The van der Waals surface area contributed by atoms with Crippen LogP contribution in [0.4, 0.5) is 10.5 Å². The Morgan fingerprint density at radius 2 is 1.61 bits per heavy atom. The second-order valence-corrected chi connectivity index (χ2v) is 11.4. The Kier molecular flexibility index (Phi) is 7.55. The SMILES string of the molecule is CC(C)c1cccc(C(C)C)c1NC(=O)N(Cc1ccccc1)CC1(n2ccc3cccnc32)CCCC1. The number of anilines is 1. The van der Waals surface area contributed by atoms with E-state index in [1.165, 1.54) is 11.1 Å². The van der Waals surface area contributed by atoms with Crippen LogP contribution < -0.4 is 5.32 Å². The van der Waals surface area contributed by atoms with Gasteiger partial charge >= 0.3 is 6.03 Å². The Balaban J connectivity index is 1.53. The highest BCUT2D eigenvalue weighted by Crippen LogP contribution is 2.40. The molecule has 2 aromatic carbocycles. The van der Waals surface area contributed by atoms with Gasteiger partial charge in [0, 0.05) is 36.6 Å². The molecule has 2 heterocycles. The second-order valence-electron chi connectivity index (χ2n) is 11.4. The van der Waals surface area contributed by atoms with E-state index in [0.29, 0.717) is 24.9 Å². The average molecular weight is 509 g/mol. The fraction of sp³-hybridized carbons (Fsp3) is 0.394. The molecule has 0 spiro atoms. The van der Waals surface area contributed by atoms with Crippen LogP contribution in [0.2, 0.25) is 0 Å². The van der Waals surface area contributed by atoms with E-state index in [1.807, 2.05) is 35.4 Å². The molecule has 1 saturated carbocycles. The molecule has 5 rings (SSSR count). The van der Waals surface area contributed by atoms with E-state index in [2.05, 4.69) is 86.2 Å². The lowest BCUT2D eigenvalue weighted by molar-refractivity contribution is 0.163. The Bertz CT molecular complexity index is 1360. The van der Waals surface area contributed by atoms with Gasteiger partial charge < -0.3 is 14.8 Å². The maximum atomic E-state index is 14.2. The highest BCUT2D eigenvalue weighted by Gasteiger charge is 2.39. The lowest BCUT2D eigenvalue weighted by Gasteiger charge is -2.37. The quantitative estimate of drug-likeness (QED) is 0.260. The van der Waals surface area contributed by atoms with Crippen molar-refractivity contribution < 1.29 is 4.79 Å². The predicted molar refractivity (Wildman–Crippen MR) is 157 cm³/mol. The zero-order chi connectivity index (χ0) is 26.7. The lowest BCUT2D eigenvalue weighted by atomic mass is 9.92. The number of urea groups is 1. The summed E-state index contributed by atoms with van der Waals surface area (Å²) in [5.41, 5.74) is 5.28. The molecule has 0 saturated heterocycles. The van der Waals surface area contributed by atoms with Crippen molar-refractivity contribution in [1.29, 1.82) is 0 Å². The maximum absolute atomic E-state index is 14.2. The van der Waals surface area contributed by atoms with Crippen molar-refractivity contribution in [2.45, 2.75) is 77.3 Å². The number of carbonyl (C=O) groups is 1. The van der Waals surface area contributed by atoms with Gasteiger partial charge in [0.2, 0.25) is 0 Å². The minimum atomic E-state index is -0.180. The summed E-state index contributed by atoms with van der Waals surface area (Å²) in [4.78, 5) is 21.0. The molecule has 38 heavy (non-hydrogen) atoms. The van der Waals surface area contributed by atoms with Crippen LogP contribution in [0.3, 0.4) is 0 Å². The minimum absolute atomic E-state index is 0.0421. The van der Waals surface area contributed by atoms with Gasteiger partial charge in [-0.15, -0.1) is 0 Å². The second kappa shape index (κ2) is 11.0.